The lowest BCUT2D eigenvalue weighted by atomic mass is 10.1. The molecule has 4 rings (SSSR count). The number of aromatic nitrogens is 1. The van der Waals surface area contributed by atoms with Crippen molar-refractivity contribution in [1.82, 2.24) is 4.98 Å². The third kappa shape index (κ3) is 4.52. The van der Waals surface area contributed by atoms with Gasteiger partial charge >= 0.3 is 11.9 Å². The molecule has 0 spiro atoms. The molecule has 0 fully saturated rings. The zero-order valence-electron chi connectivity index (χ0n) is 17.9. The predicted molar refractivity (Wildman–Crippen MR) is 119 cm³/mol. The van der Waals surface area contributed by atoms with Gasteiger partial charge < -0.3 is 19.2 Å². The summed E-state index contributed by atoms with van der Waals surface area (Å²) >= 11 is 1.40. The molecule has 1 aliphatic rings. The number of benzene rings is 1. The number of fused-ring (bicyclic) bond motifs is 2. The van der Waals surface area contributed by atoms with Gasteiger partial charge in [-0.25, -0.2) is 14.6 Å². The fourth-order valence-electron chi connectivity index (χ4n) is 3.73. The van der Waals surface area contributed by atoms with E-state index in [0.717, 1.165) is 42.5 Å². The van der Waals surface area contributed by atoms with Crippen LogP contribution >= 0.6 is 11.3 Å². The first-order valence-corrected chi connectivity index (χ1v) is 11.5. The van der Waals surface area contributed by atoms with Gasteiger partial charge in [0.15, 0.2) is 18.1 Å². The number of anilines is 1. The van der Waals surface area contributed by atoms with Crippen LogP contribution in [0.5, 0.6) is 0 Å². The lowest BCUT2D eigenvalue weighted by Crippen LogP contribution is -2.30. The van der Waals surface area contributed by atoms with Crippen LogP contribution in [0, 0.1) is 0 Å². The first-order valence-electron chi connectivity index (χ1n) is 10.6. The Morgan fingerprint density at radius 3 is 2.81 bits per heavy atom. The van der Waals surface area contributed by atoms with Gasteiger partial charge in [0.2, 0.25) is 0 Å². The van der Waals surface area contributed by atoms with Gasteiger partial charge in [-0.15, -0.1) is 11.3 Å². The van der Waals surface area contributed by atoms with Crippen LogP contribution in [0.15, 0.2) is 29.0 Å². The number of esters is 2. The number of hydrogen-bond donors (Lipinski definition) is 1. The minimum atomic E-state index is -1.06. The van der Waals surface area contributed by atoms with Crippen molar-refractivity contribution in [2.24, 2.45) is 0 Å². The van der Waals surface area contributed by atoms with Crippen LogP contribution in [0.2, 0.25) is 0 Å². The van der Waals surface area contributed by atoms with Gasteiger partial charge in [0.25, 0.3) is 5.91 Å². The molecule has 1 N–H and O–H groups in total. The average Bonchev–Trinajstić information content (AvgIpc) is 3.30. The highest BCUT2D eigenvalue weighted by molar-refractivity contribution is 7.17. The van der Waals surface area contributed by atoms with Crippen molar-refractivity contribution in [3.8, 4) is 0 Å². The van der Waals surface area contributed by atoms with Crippen molar-refractivity contribution >= 4 is 45.3 Å². The Hall–Kier alpha value is -3.20. The molecule has 0 aliphatic heterocycles. The van der Waals surface area contributed by atoms with E-state index in [9.17, 15) is 14.4 Å². The maximum absolute atomic E-state index is 12.8. The number of ether oxygens (including phenoxy) is 2. The Labute approximate surface area is 188 Å². The van der Waals surface area contributed by atoms with E-state index in [2.05, 4.69) is 10.3 Å². The molecule has 1 atom stereocenters. The summed E-state index contributed by atoms with van der Waals surface area (Å²) < 4.78 is 15.8. The summed E-state index contributed by atoms with van der Waals surface area (Å²) in [6.45, 7) is 3.49. The smallest absolute Gasteiger partial charge is 0.341 e. The number of nitrogens with one attached hydrogen (secondary N) is 1. The third-order valence-corrected chi connectivity index (χ3v) is 6.56. The van der Waals surface area contributed by atoms with E-state index < -0.39 is 23.9 Å². The van der Waals surface area contributed by atoms with Gasteiger partial charge in [0.05, 0.1) is 17.7 Å². The standard InChI is InChI=1S/C23H24N2O6S/c1-3-29-23(28)19-15-7-5-4-6-8-18(15)32-21(19)25-20(26)13(2)31-22(27)14-9-10-16-17(11-14)30-12-24-16/h9-13H,3-8H2,1-2H3,(H,25,26). The van der Waals surface area contributed by atoms with Gasteiger partial charge in [-0.05, 0) is 63.3 Å². The quantitative estimate of drug-likeness (QED) is 0.429. The number of nitrogens with zero attached hydrogens (tertiary/aromatic N) is 1. The fraction of sp³-hybridized carbons (Fsp3) is 0.391. The van der Waals surface area contributed by atoms with Crippen LogP contribution in [0.25, 0.3) is 11.1 Å². The number of rotatable bonds is 6. The van der Waals surface area contributed by atoms with Crippen molar-refractivity contribution in [2.45, 2.75) is 52.1 Å². The van der Waals surface area contributed by atoms with Crippen LogP contribution in [0.1, 0.15) is 64.3 Å². The van der Waals surface area contributed by atoms with E-state index in [4.69, 9.17) is 13.9 Å². The van der Waals surface area contributed by atoms with E-state index in [1.165, 1.54) is 30.7 Å². The largest absolute Gasteiger partial charge is 0.462 e. The molecule has 1 aliphatic carbocycles. The monoisotopic (exact) mass is 456 g/mol. The number of carbonyl (C=O) groups is 3. The highest BCUT2D eigenvalue weighted by atomic mass is 32.1. The Bertz CT molecular complexity index is 1160. The van der Waals surface area contributed by atoms with E-state index in [1.807, 2.05) is 0 Å². The van der Waals surface area contributed by atoms with Crippen molar-refractivity contribution in [1.29, 1.82) is 0 Å². The second-order valence-corrected chi connectivity index (χ2v) is 8.67. The summed E-state index contributed by atoms with van der Waals surface area (Å²) in [7, 11) is 0. The Balaban J connectivity index is 1.50. The Morgan fingerprint density at radius 2 is 2.00 bits per heavy atom. The Kier molecular flexibility index (Phi) is 6.55. The topological polar surface area (TPSA) is 108 Å². The molecule has 1 unspecified atom stereocenters. The zero-order chi connectivity index (χ0) is 22.7. The molecular weight excluding hydrogens is 432 g/mol. The normalized spacial score (nSPS) is 14.3. The molecule has 0 bridgehead atoms. The molecule has 32 heavy (non-hydrogen) atoms. The van der Waals surface area contributed by atoms with E-state index >= 15 is 0 Å². The molecule has 0 saturated carbocycles. The first kappa shape index (κ1) is 22.0. The van der Waals surface area contributed by atoms with Crippen molar-refractivity contribution < 1.29 is 28.3 Å². The Morgan fingerprint density at radius 1 is 1.19 bits per heavy atom. The van der Waals surface area contributed by atoms with Crippen LogP contribution in [-0.2, 0) is 27.1 Å². The number of amides is 1. The summed E-state index contributed by atoms with van der Waals surface area (Å²) in [5.41, 5.74) is 2.72. The molecule has 1 aromatic carbocycles. The molecule has 8 nitrogen and oxygen atoms in total. The summed E-state index contributed by atoms with van der Waals surface area (Å²) in [5, 5.41) is 3.23. The van der Waals surface area contributed by atoms with Gasteiger partial charge in [0.1, 0.15) is 10.5 Å². The number of carbonyl (C=O) groups excluding carboxylic acids is 3. The first-order chi connectivity index (χ1) is 15.5. The summed E-state index contributed by atoms with van der Waals surface area (Å²) in [5.74, 6) is -1.60. The molecule has 3 aromatic rings. The van der Waals surface area contributed by atoms with Crippen molar-refractivity contribution in [2.75, 3.05) is 11.9 Å². The van der Waals surface area contributed by atoms with Gasteiger partial charge in [-0.3, -0.25) is 4.79 Å². The lowest BCUT2D eigenvalue weighted by Gasteiger charge is -2.14. The highest BCUT2D eigenvalue weighted by Gasteiger charge is 2.28. The molecule has 2 heterocycles. The fourth-order valence-corrected chi connectivity index (χ4v) is 5.01. The van der Waals surface area contributed by atoms with Crippen LogP contribution < -0.4 is 5.32 Å². The zero-order valence-corrected chi connectivity index (χ0v) is 18.8. The third-order valence-electron chi connectivity index (χ3n) is 5.36. The summed E-state index contributed by atoms with van der Waals surface area (Å²) in [4.78, 5) is 43.1. The van der Waals surface area contributed by atoms with Gasteiger partial charge in [-0.1, -0.05) is 6.42 Å². The second kappa shape index (κ2) is 9.52. The van der Waals surface area contributed by atoms with Gasteiger partial charge in [0, 0.05) is 4.88 Å². The predicted octanol–water partition coefficient (Wildman–Crippen LogP) is 4.52. The minimum absolute atomic E-state index is 0.250. The van der Waals surface area contributed by atoms with Crippen LogP contribution in [-0.4, -0.2) is 35.5 Å². The molecule has 0 radical (unpaired) electrons. The molecular formula is C23H24N2O6S. The van der Waals surface area contributed by atoms with Crippen LogP contribution in [0.3, 0.4) is 0 Å². The lowest BCUT2D eigenvalue weighted by molar-refractivity contribution is -0.123. The summed E-state index contributed by atoms with van der Waals surface area (Å²) in [6, 6.07) is 4.72. The van der Waals surface area contributed by atoms with E-state index in [1.54, 1.807) is 19.1 Å². The average molecular weight is 457 g/mol. The maximum Gasteiger partial charge on any atom is 0.341 e. The molecule has 9 heteroatoms. The number of oxazole rings is 1. The minimum Gasteiger partial charge on any atom is -0.462 e. The molecule has 168 valence electrons. The van der Waals surface area contributed by atoms with E-state index in [0.29, 0.717) is 21.7 Å². The number of thiophene rings is 1. The maximum atomic E-state index is 12.8. The molecule has 1 amide bonds. The molecule has 0 saturated heterocycles. The highest BCUT2D eigenvalue weighted by Crippen LogP contribution is 2.38. The van der Waals surface area contributed by atoms with Crippen molar-refractivity contribution in [3.05, 3.63) is 46.2 Å². The van der Waals surface area contributed by atoms with Gasteiger partial charge in [-0.2, -0.15) is 0 Å². The van der Waals surface area contributed by atoms with E-state index in [-0.39, 0.29) is 12.2 Å². The summed E-state index contributed by atoms with van der Waals surface area (Å²) in [6.07, 6.45) is 5.03. The number of aryl methyl sites for hydroxylation is 1. The molecule has 2 aromatic heterocycles. The number of hydrogen-bond acceptors (Lipinski definition) is 8. The second-order valence-electron chi connectivity index (χ2n) is 7.56. The van der Waals surface area contributed by atoms with Crippen molar-refractivity contribution in [3.63, 3.8) is 0 Å². The SMILES string of the molecule is CCOC(=O)c1c(NC(=O)C(C)OC(=O)c2ccc3ncoc3c2)sc2c1CCCCC2. The van der Waals surface area contributed by atoms with Crippen LogP contribution in [0.4, 0.5) is 5.00 Å².